The number of benzene rings is 5. The van der Waals surface area contributed by atoms with E-state index >= 15 is 0 Å². The minimum atomic E-state index is -0.526. The molecule has 0 radical (unpaired) electrons. The Labute approximate surface area is 224 Å². The zero-order valence-corrected chi connectivity index (χ0v) is 21.2. The topological polar surface area (TPSA) is 22.8 Å². The van der Waals surface area contributed by atoms with Gasteiger partial charge in [-0.1, -0.05) is 90.6 Å². The summed E-state index contributed by atoms with van der Waals surface area (Å²) < 4.78 is 4.67. The molecule has 0 amide bonds. The summed E-state index contributed by atoms with van der Waals surface area (Å²) in [5, 5.41) is 7.53. The van der Waals surface area contributed by atoms with E-state index in [2.05, 4.69) is 131 Å². The highest BCUT2D eigenvalue weighted by Gasteiger charge is 2.51. The monoisotopic (exact) mass is 503 g/mol. The van der Waals surface area contributed by atoms with Crippen LogP contribution in [-0.2, 0) is 5.54 Å². The lowest BCUT2D eigenvalue weighted by Gasteiger charge is -2.39. The molecule has 4 heterocycles. The fraction of sp³-hybridized carbons (Fsp3) is 0.0294. The molecule has 4 heteroatoms. The van der Waals surface area contributed by atoms with Crippen LogP contribution in [0.3, 0.4) is 0 Å². The van der Waals surface area contributed by atoms with E-state index in [0.717, 1.165) is 5.69 Å². The summed E-state index contributed by atoms with van der Waals surface area (Å²) in [6.45, 7) is 0. The molecule has 0 fully saturated rings. The van der Waals surface area contributed by atoms with Gasteiger partial charge in [-0.25, -0.2) is 4.68 Å². The van der Waals surface area contributed by atoms with Gasteiger partial charge < -0.3 is 4.57 Å². The van der Waals surface area contributed by atoms with Gasteiger partial charge in [0.2, 0.25) is 0 Å². The minimum absolute atomic E-state index is 0.526. The predicted octanol–water partition coefficient (Wildman–Crippen LogP) is 8.27. The van der Waals surface area contributed by atoms with Crippen molar-refractivity contribution in [1.82, 2.24) is 14.3 Å². The highest BCUT2D eigenvalue weighted by molar-refractivity contribution is 7.99. The van der Waals surface area contributed by atoms with Gasteiger partial charge in [-0.05, 0) is 48.0 Å². The van der Waals surface area contributed by atoms with Crippen molar-refractivity contribution >= 4 is 33.6 Å². The van der Waals surface area contributed by atoms with Crippen LogP contribution in [0.5, 0.6) is 0 Å². The third kappa shape index (κ3) is 2.39. The molecule has 2 aliphatic rings. The van der Waals surface area contributed by atoms with Gasteiger partial charge in [-0.2, -0.15) is 5.10 Å². The van der Waals surface area contributed by atoms with E-state index in [1.165, 1.54) is 59.5 Å². The van der Waals surface area contributed by atoms with Gasteiger partial charge in [0.05, 0.1) is 16.7 Å². The molecule has 0 N–H and O–H groups in total. The van der Waals surface area contributed by atoms with Crippen LogP contribution in [0.15, 0.2) is 137 Å². The number of aromatic nitrogens is 3. The lowest BCUT2D eigenvalue weighted by Crippen LogP contribution is -2.38. The summed E-state index contributed by atoms with van der Waals surface area (Å²) in [7, 11) is 0. The zero-order chi connectivity index (χ0) is 24.8. The molecule has 0 bridgehead atoms. The summed E-state index contributed by atoms with van der Waals surface area (Å²) in [6.07, 6.45) is 1.94. The van der Waals surface area contributed by atoms with Crippen molar-refractivity contribution in [3.05, 3.63) is 144 Å². The molecule has 7 aromatic rings. The van der Waals surface area contributed by atoms with Crippen molar-refractivity contribution < 1.29 is 0 Å². The number of nitrogens with zero attached hydrogens (tertiary/aromatic N) is 3. The first-order valence-electron chi connectivity index (χ1n) is 12.9. The van der Waals surface area contributed by atoms with E-state index in [4.69, 9.17) is 5.10 Å². The second-order valence-electron chi connectivity index (χ2n) is 10.0. The predicted molar refractivity (Wildman–Crippen MR) is 154 cm³/mol. The Hall–Kier alpha value is -4.54. The normalized spacial score (nSPS) is 16.9. The second kappa shape index (κ2) is 7.27. The molecular weight excluding hydrogens is 482 g/mol. The van der Waals surface area contributed by atoms with Gasteiger partial charge in [-0.15, -0.1) is 0 Å². The molecule has 178 valence electrons. The van der Waals surface area contributed by atoms with Gasteiger partial charge in [0.1, 0.15) is 5.54 Å². The van der Waals surface area contributed by atoms with Crippen LogP contribution in [0.4, 0.5) is 0 Å². The van der Waals surface area contributed by atoms with E-state index in [-0.39, 0.29) is 0 Å². The van der Waals surface area contributed by atoms with Crippen molar-refractivity contribution in [2.24, 2.45) is 0 Å². The van der Waals surface area contributed by atoms with Crippen molar-refractivity contribution in [3.8, 4) is 16.9 Å². The molecular formula is C34H21N3S. The summed E-state index contributed by atoms with van der Waals surface area (Å²) in [5.41, 5.74) is 9.34. The number of fused-ring (bicyclic) bond motifs is 12. The SMILES string of the molecule is c1ccc2c(c1)Sc1ccc(-n3c4ccccc4c4ccccc43)cc1C21c2ccccc2-c2ccnn21. The van der Waals surface area contributed by atoms with Crippen LogP contribution in [0.2, 0.25) is 0 Å². The van der Waals surface area contributed by atoms with Crippen LogP contribution in [-0.4, -0.2) is 14.3 Å². The summed E-state index contributed by atoms with van der Waals surface area (Å²) in [6, 6.07) is 44.2. The highest BCUT2D eigenvalue weighted by atomic mass is 32.2. The summed E-state index contributed by atoms with van der Waals surface area (Å²) in [5.74, 6) is 0. The first-order chi connectivity index (χ1) is 18.9. The van der Waals surface area contributed by atoms with Crippen LogP contribution in [0, 0.1) is 0 Å². The smallest absolute Gasteiger partial charge is 0.141 e. The van der Waals surface area contributed by atoms with Gasteiger partial charge in [-0.3, -0.25) is 0 Å². The van der Waals surface area contributed by atoms with E-state index in [1.807, 2.05) is 18.0 Å². The molecule has 38 heavy (non-hydrogen) atoms. The molecule has 1 unspecified atom stereocenters. The number of hydrogen-bond donors (Lipinski definition) is 0. The quantitative estimate of drug-likeness (QED) is 0.225. The third-order valence-corrected chi connectivity index (χ3v) is 9.39. The largest absolute Gasteiger partial charge is 0.309 e. The maximum Gasteiger partial charge on any atom is 0.141 e. The molecule has 3 nitrogen and oxygen atoms in total. The average Bonchev–Trinajstić information content (AvgIpc) is 3.66. The fourth-order valence-corrected chi connectivity index (χ4v) is 7.94. The Morgan fingerprint density at radius 3 is 2.05 bits per heavy atom. The first kappa shape index (κ1) is 20.5. The van der Waals surface area contributed by atoms with E-state index in [0.29, 0.717) is 0 Å². The van der Waals surface area contributed by atoms with Gasteiger partial charge in [0.25, 0.3) is 0 Å². The van der Waals surface area contributed by atoms with Crippen LogP contribution in [0.1, 0.15) is 16.7 Å². The number of rotatable bonds is 1. The first-order valence-corrected chi connectivity index (χ1v) is 13.7. The number of hydrogen-bond acceptors (Lipinski definition) is 2. The Bertz CT molecular complexity index is 2030. The molecule has 0 aliphatic carbocycles. The Kier molecular flexibility index (Phi) is 3.93. The summed E-state index contributed by atoms with van der Waals surface area (Å²) in [4.78, 5) is 2.55. The maximum atomic E-state index is 4.98. The third-order valence-electron chi connectivity index (χ3n) is 8.24. The van der Waals surface area contributed by atoms with Crippen molar-refractivity contribution in [2.75, 3.05) is 0 Å². The van der Waals surface area contributed by atoms with Crippen LogP contribution < -0.4 is 0 Å². The molecule has 0 saturated heterocycles. The second-order valence-corrected chi connectivity index (χ2v) is 11.1. The number of para-hydroxylation sites is 2. The van der Waals surface area contributed by atoms with E-state index in [9.17, 15) is 0 Å². The highest BCUT2D eigenvalue weighted by Crippen LogP contribution is 2.58. The Morgan fingerprint density at radius 2 is 1.24 bits per heavy atom. The van der Waals surface area contributed by atoms with Gasteiger partial charge >= 0.3 is 0 Å². The Balaban J connectivity index is 1.42. The molecule has 9 rings (SSSR count). The fourth-order valence-electron chi connectivity index (χ4n) is 6.78. The van der Waals surface area contributed by atoms with Crippen molar-refractivity contribution in [3.63, 3.8) is 0 Å². The lowest BCUT2D eigenvalue weighted by molar-refractivity contribution is 0.467. The molecule has 2 aliphatic heterocycles. The molecule has 5 aromatic carbocycles. The molecule has 2 aromatic heterocycles. The standard InChI is InChI=1S/C34H21N3S/c1-4-12-26-25(11-1)31-19-20-35-37(31)34(26)27-13-5-8-16-32(27)38-33-18-17-22(21-28(33)34)36-29-14-6-2-9-23(29)24-10-3-7-15-30(24)36/h1-21H. The van der Waals surface area contributed by atoms with Gasteiger partial charge in [0.15, 0.2) is 0 Å². The van der Waals surface area contributed by atoms with Crippen molar-refractivity contribution in [2.45, 2.75) is 15.3 Å². The van der Waals surface area contributed by atoms with Crippen LogP contribution in [0.25, 0.3) is 38.8 Å². The van der Waals surface area contributed by atoms with Crippen molar-refractivity contribution in [1.29, 1.82) is 0 Å². The zero-order valence-electron chi connectivity index (χ0n) is 20.4. The Morgan fingerprint density at radius 1 is 0.579 bits per heavy atom. The average molecular weight is 504 g/mol. The summed E-state index contributed by atoms with van der Waals surface area (Å²) >= 11 is 1.86. The van der Waals surface area contributed by atoms with E-state index < -0.39 is 5.54 Å². The lowest BCUT2D eigenvalue weighted by atomic mass is 9.77. The van der Waals surface area contributed by atoms with Gasteiger partial charge in [0, 0.05) is 49.1 Å². The minimum Gasteiger partial charge on any atom is -0.309 e. The molecule has 1 atom stereocenters. The van der Waals surface area contributed by atoms with Crippen LogP contribution >= 0.6 is 11.8 Å². The van der Waals surface area contributed by atoms with E-state index in [1.54, 1.807) is 0 Å². The molecule has 1 spiro atoms. The maximum absolute atomic E-state index is 4.98. The molecule has 0 saturated carbocycles.